The number of hydrogen-bond acceptors (Lipinski definition) is 5. The van der Waals surface area contributed by atoms with E-state index >= 15 is 0 Å². The highest BCUT2D eigenvalue weighted by Crippen LogP contribution is 2.45. The van der Waals surface area contributed by atoms with Crippen molar-refractivity contribution >= 4 is 10.8 Å². The zero-order valence-electron chi connectivity index (χ0n) is 14.8. The van der Waals surface area contributed by atoms with Crippen molar-refractivity contribution in [2.24, 2.45) is 5.73 Å². The molecule has 2 aromatic heterocycles. The Kier molecular flexibility index (Phi) is 3.59. The third-order valence-electron chi connectivity index (χ3n) is 5.02. The smallest absolute Gasteiger partial charge is 0.244 e. The molecule has 3 N–H and O–H groups in total. The number of nitrogens with one attached hydrogen (secondary N) is 1. The summed E-state index contributed by atoms with van der Waals surface area (Å²) in [4.78, 5) is 4.08. The number of nitrogens with zero attached hydrogens (tertiary/aromatic N) is 3. The molecule has 5 rings (SSSR count). The second kappa shape index (κ2) is 6.25. The average Bonchev–Trinajstić information content (AvgIpc) is 3.16. The molecule has 0 spiro atoms. The van der Waals surface area contributed by atoms with Gasteiger partial charge in [-0.25, -0.2) is 0 Å². The Morgan fingerprint density at radius 3 is 2.61 bits per heavy atom. The van der Waals surface area contributed by atoms with Crippen LogP contribution in [0.2, 0.25) is 0 Å². The van der Waals surface area contributed by atoms with Crippen LogP contribution in [0.15, 0.2) is 78.4 Å². The highest BCUT2D eigenvalue weighted by molar-refractivity contribution is 5.87. The van der Waals surface area contributed by atoms with Crippen LogP contribution in [0.3, 0.4) is 0 Å². The van der Waals surface area contributed by atoms with Crippen LogP contribution in [0.5, 0.6) is 5.88 Å². The van der Waals surface area contributed by atoms with Gasteiger partial charge >= 0.3 is 0 Å². The molecular weight excluding hydrogens is 350 g/mol. The lowest BCUT2D eigenvalue weighted by Crippen LogP contribution is -2.21. The van der Waals surface area contributed by atoms with Gasteiger partial charge in [0.1, 0.15) is 11.6 Å². The van der Waals surface area contributed by atoms with Crippen molar-refractivity contribution in [3.05, 3.63) is 89.6 Å². The number of fused-ring (bicyclic) bond motifs is 2. The van der Waals surface area contributed by atoms with Gasteiger partial charge < -0.3 is 10.5 Å². The monoisotopic (exact) mass is 365 g/mol. The summed E-state index contributed by atoms with van der Waals surface area (Å²) in [5.74, 6) is 0.0896. The van der Waals surface area contributed by atoms with Gasteiger partial charge in [0, 0.05) is 18.0 Å². The van der Waals surface area contributed by atoms with Crippen molar-refractivity contribution in [1.82, 2.24) is 15.2 Å². The topological polar surface area (TPSA) is 101 Å². The minimum atomic E-state index is -0.378. The van der Waals surface area contributed by atoms with E-state index < -0.39 is 0 Å². The minimum Gasteiger partial charge on any atom is -0.420 e. The van der Waals surface area contributed by atoms with Crippen LogP contribution in [-0.4, -0.2) is 15.2 Å². The highest BCUT2D eigenvalue weighted by atomic mass is 16.5. The molecule has 1 atom stereocenters. The zero-order chi connectivity index (χ0) is 19.1. The number of nitrogens with two attached hydrogens (primary N) is 1. The predicted octanol–water partition coefficient (Wildman–Crippen LogP) is 3.84. The van der Waals surface area contributed by atoms with Crippen molar-refractivity contribution < 1.29 is 4.74 Å². The number of benzene rings is 2. The first-order valence-corrected chi connectivity index (χ1v) is 8.81. The van der Waals surface area contributed by atoms with Gasteiger partial charge in [0.2, 0.25) is 11.8 Å². The maximum Gasteiger partial charge on any atom is 0.244 e. The van der Waals surface area contributed by atoms with E-state index in [2.05, 4.69) is 45.5 Å². The first kappa shape index (κ1) is 16.1. The number of hydrogen-bond donors (Lipinski definition) is 2. The van der Waals surface area contributed by atoms with Crippen LogP contribution in [0, 0.1) is 11.3 Å². The van der Waals surface area contributed by atoms with Gasteiger partial charge in [-0.1, -0.05) is 36.4 Å². The molecule has 0 fully saturated rings. The van der Waals surface area contributed by atoms with E-state index in [4.69, 9.17) is 10.5 Å². The van der Waals surface area contributed by atoms with Crippen LogP contribution in [-0.2, 0) is 0 Å². The van der Waals surface area contributed by atoms with Crippen molar-refractivity contribution in [1.29, 1.82) is 5.26 Å². The molecular formula is C22H15N5O. The van der Waals surface area contributed by atoms with Crippen LogP contribution >= 0.6 is 0 Å². The van der Waals surface area contributed by atoms with Crippen LogP contribution in [0.1, 0.15) is 17.0 Å². The maximum absolute atomic E-state index is 9.74. The fourth-order valence-corrected chi connectivity index (χ4v) is 3.70. The Balaban J connectivity index is 1.74. The lowest BCUT2D eigenvalue weighted by Gasteiger charge is -2.24. The number of aromatic nitrogens is 3. The van der Waals surface area contributed by atoms with E-state index in [1.54, 1.807) is 12.4 Å². The molecule has 0 bridgehead atoms. The molecule has 0 amide bonds. The highest BCUT2D eigenvalue weighted by Gasteiger charge is 2.35. The molecule has 28 heavy (non-hydrogen) atoms. The third-order valence-corrected chi connectivity index (χ3v) is 5.02. The number of allylic oxidation sites excluding steroid dienone is 1. The molecule has 0 aliphatic carbocycles. The molecule has 0 unspecified atom stereocenters. The summed E-state index contributed by atoms with van der Waals surface area (Å²) in [7, 11) is 0. The number of rotatable bonds is 2. The second-order valence-electron chi connectivity index (χ2n) is 6.58. The zero-order valence-corrected chi connectivity index (χ0v) is 14.8. The first-order valence-electron chi connectivity index (χ1n) is 8.81. The number of pyridine rings is 1. The fraction of sp³-hybridized carbons (Fsp3) is 0.0455. The number of H-pyrrole nitrogens is 1. The Bertz CT molecular complexity index is 1270. The molecule has 0 saturated heterocycles. The molecule has 1 aliphatic rings. The molecule has 0 saturated carbocycles. The molecule has 2 aromatic carbocycles. The van der Waals surface area contributed by atoms with Crippen molar-refractivity contribution in [2.75, 3.05) is 0 Å². The maximum atomic E-state index is 9.74. The van der Waals surface area contributed by atoms with Crippen molar-refractivity contribution in [2.45, 2.75) is 5.92 Å². The molecule has 3 heterocycles. The number of ether oxygens (including phenoxy) is 1. The van der Waals surface area contributed by atoms with Gasteiger partial charge in [0.15, 0.2) is 0 Å². The summed E-state index contributed by atoms with van der Waals surface area (Å²) in [5, 5.41) is 19.4. The quantitative estimate of drug-likeness (QED) is 0.562. The summed E-state index contributed by atoms with van der Waals surface area (Å²) >= 11 is 0. The van der Waals surface area contributed by atoms with Gasteiger partial charge in [-0.05, 0) is 34.5 Å². The number of nitriles is 1. The Labute approximate surface area is 160 Å². The summed E-state index contributed by atoms with van der Waals surface area (Å²) < 4.78 is 5.65. The molecule has 0 radical (unpaired) electrons. The minimum absolute atomic E-state index is 0.0772. The molecule has 1 aliphatic heterocycles. The van der Waals surface area contributed by atoms with Crippen LogP contribution in [0.25, 0.3) is 22.0 Å². The Hall–Kier alpha value is -4.11. The third kappa shape index (κ3) is 2.42. The van der Waals surface area contributed by atoms with Gasteiger partial charge in [-0.3, -0.25) is 10.1 Å². The van der Waals surface area contributed by atoms with Gasteiger partial charge in [-0.2, -0.15) is 5.26 Å². The summed E-state index contributed by atoms with van der Waals surface area (Å²) in [5.41, 5.74) is 9.86. The van der Waals surface area contributed by atoms with Crippen molar-refractivity contribution in [3.63, 3.8) is 0 Å². The average molecular weight is 365 g/mol. The first-order chi connectivity index (χ1) is 13.8. The van der Waals surface area contributed by atoms with Crippen LogP contribution < -0.4 is 10.5 Å². The lowest BCUT2D eigenvalue weighted by molar-refractivity contribution is 0.379. The second-order valence-corrected chi connectivity index (χ2v) is 6.58. The largest absolute Gasteiger partial charge is 0.420 e. The standard InChI is InChI=1S/C22H15N5O/c23-12-17-18(14-7-9-25-10-8-14)19-20(26-27-22(19)28-21(17)24)16-6-5-13-3-1-2-4-15(13)11-16/h1-11,18H,24H2,(H,26,27)/t18-/m0/s1. The Morgan fingerprint density at radius 2 is 1.82 bits per heavy atom. The predicted molar refractivity (Wildman–Crippen MR) is 105 cm³/mol. The van der Waals surface area contributed by atoms with E-state index in [1.165, 1.54) is 0 Å². The normalized spacial score (nSPS) is 15.8. The fourth-order valence-electron chi connectivity index (χ4n) is 3.70. The van der Waals surface area contributed by atoms with Crippen LogP contribution in [0.4, 0.5) is 0 Å². The SMILES string of the molecule is N#CC1=C(N)Oc2n[nH]c(-c3ccc4ccccc4c3)c2[C@H]1c1ccncc1. The van der Waals surface area contributed by atoms with Crippen molar-refractivity contribution in [3.8, 4) is 23.2 Å². The summed E-state index contributed by atoms with van der Waals surface area (Å²) in [6.45, 7) is 0. The van der Waals surface area contributed by atoms with E-state index in [-0.39, 0.29) is 11.8 Å². The molecule has 134 valence electrons. The van der Waals surface area contributed by atoms with Gasteiger partial charge in [-0.15, -0.1) is 5.10 Å². The van der Waals surface area contributed by atoms with E-state index in [0.29, 0.717) is 11.5 Å². The van der Waals surface area contributed by atoms with E-state index in [1.807, 2.05) is 30.3 Å². The van der Waals surface area contributed by atoms with E-state index in [0.717, 1.165) is 33.2 Å². The molecule has 4 aromatic rings. The summed E-state index contributed by atoms with van der Waals surface area (Å²) in [6.07, 6.45) is 3.40. The number of aromatic amines is 1. The molecule has 6 heteroatoms. The van der Waals surface area contributed by atoms with Gasteiger partial charge in [0.25, 0.3) is 0 Å². The summed E-state index contributed by atoms with van der Waals surface area (Å²) in [6, 6.07) is 20.3. The Morgan fingerprint density at radius 1 is 1.04 bits per heavy atom. The van der Waals surface area contributed by atoms with E-state index in [9.17, 15) is 5.26 Å². The molecule has 6 nitrogen and oxygen atoms in total. The van der Waals surface area contributed by atoms with Gasteiger partial charge in [0.05, 0.1) is 17.2 Å². The lowest BCUT2D eigenvalue weighted by atomic mass is 9.83.